The SMILES string of the molecule is O=S(=O)(Cl)CCc1cc(F)cc(Cl)c1O. The summed E-state index contributed by atoms with van der Waals surface area (Å²) in [5.74, 6) is -1.35. The number of phenolic OH excluding ortho intramolecular Hbond substituents is 1. The molecule has 0 aliphatic rings. The van der Waals surface area contributed by atoms with Crippen molar-refractivity contribution in [1.29, 1.82) is 0 Å². The van der Waals surface area contributed by atoms with Gasteiger partial charge in [0, 0.05) is 10.7 Å². The lowest BCUT2D eigenvalue weighted by molar-refractivity contribution is 0.466. The maximum atomic E-state index is 12.8. The summed E-state index contributed by atoms with van der Waals surface area (Å²) in [6, 6.07) is 1.96. The van der Waals surface area contributed by atoms with Gasteiger partial charge in [0.15, 0.2) is 0 Å². The predicted octanol–water partition coefficient (Wildman–Crippen LogP) is 2.30. The van der Waals surface area contributed by atoms with Gasteiger partial charge < -0.3 is 5.11 Å². The van der Waals surface area contributed by atoms with Gasteiger partial charge in [-0.05, 0) is 24.1 Å². The highest BCUT2D eigenvalue weighted by atomic mass is 35.7. The highest BCUT2D eigenvalue weighted by Gasteiger charge is 2.12. The van der Waals surface area contributed by atoms with Crippen LogP contribution in [0.1, 0.15) is 5.56 Å². The summed E-state index contributed by atoms with van der Waals surface area (Å²) >= 11 is 5.50. The van der Waals surface area contributed by atoms with Crippen molar-refractivity contribution < 1.29 is 17.9 Å². The molecule has 7 heteroatoms. The second-order valence-corrected chi connectivity index (χ2v) is 6.19. The Balaban J connectivity index is 2.95. The molecule has 0 saturated heterocycles. The van der Waals surface area contributed by atoms with Crippen LogP contribution in [0, 0.1) is 5.82 Å². The molecule has 0 amide bonds. The van der Waals surface area contributed by atoms with Crippen LogP contribution >= 0.6 is 22.3 Å². The molecule has 0 aliphatic carbocycles. The van der Waals surface area contributed by atoms with Gasteiger partial charge in [-0.3, -0.25) is 0 Å². The fourth-order valence-electron chi connectivity index (χ4n) is 1.04. The van der Waals surface area contributed by atoms with Crippen molar-refractivity contribution in [2.24, 2.45) is 0 Å². The van der Waals surface area contributed by atoms with Crippen molar-refractivity contribution in [2.75, 3.05) is 5.75 Å². The number of rotatable bonds is 3. The maximum absolute atomic E-state index is 12.8. The Morgan fingerprint density at radius 1 is 1.40 bits per heavy atom. The molecule has 0 saturated carbocycles. The summed E-state index contributed by atoms with van der Waals surface area (Å²) in [6.45, 7) is 0. The van der Waals surface area contributed by atoms with Gasteiger partial charge in [-0.15, -0.1) is 0 Å². The van der Waals surface area contributed by atoms with Crippen LogP contribution in [-0.2, 0) is 15.5 Å². The molecule has 1 N–H and O–H groups in total. The second kappa shape index (κ2) is 4.55. The largest absolute Gasteiger partial charge is 0.506 e. The third kappa shape index (κ3) is 3.85. The average Bonchev–Trinajstić information content (AvgIpc) is 2.07. The van der Waals surface area contributed by atoms with Crippen molar-refractivity contribution in [3.05, 3.63) is 28.5 Å². The van der Waals surface area contributed by atoms with E-state index in [0.29, 0.717) is 0 Å². The Morgan fingerprint density at radius 3 is 2.53 bits per heavy atom. The van der Waals surface area contributed by atoms with Crippen LogP contribution in [-0.4, -0.2) is 19.3 Å². The van der Waals surface area contributed by atoms with Crippen molar-refractivity contribution in [1.82, 2.24) is 0 Å². The molecular formula is C8H7Cl2FO3S. The molecule has 84 valence electrons. The molecular weight excluding hydrogens is 266 g/mol. The highest BCUT2D eigenvalue weighted by Crippen LogP contribution is 2.29. The fraction of sp³-hybridized carbons (Fsp3) is 0.250. The van der Waals surface area contributed by atoms with Crippen molar-refractivity contribution in [2.45, 2.75) is 6.42 Å². The summed E-state index contributed by atoms with van der Waals surface area (Å²) in [6.07, 6.45) is -0.0881. The molecule has 0 fully saturated rings. The smallest absolute Gasteiger partial charge is 0.232 e. The van der Waals surface area contributed by atoms with Gasteiger partial charge in [0.25, 0.3) is 0 Å². The molecule has 1 aromatic carbocycles. The van der Waals surface area contributed by atoms with E-state index in [9.17, 15) is 17.9 Å². The van der Waals surface area contributed by atoms with E-state index >= 15 is 0 Å². The zero-order valence-corrected chi connectivity index (χ0v) is 9.70. The minimum atomic E-state index is -3.67. The number of phenols is 1. The minimum Gasteiger partial charge on any atom is -0.506 e. The first kappa shape index (κ1) is 12.5. The van der Waals surface area contributed by atoms with Crippen LogP contribution in [0.2, 0.25) is 5.02 Å². The minimum absolute atomic E-state index is 0.0881. The first-order valence-electron chi connectivity index (χ1n) is 3.89. The van der Waals surface area contributed by atoms with E-state index in [1.165, 1.54) is 0 Å². The van der Waals surface area contributed by atoms with Gasteiger partial charge in [0.05, 0.1) is 10.8 Å². The molecule has 0 aliphatic heterocycles. The van der Waals surface area contributed by atoms with E-state index in [1.54, 1.807) is 0 Å². The Labute approximate surface area is 95.9 Å². The van der Waals surface area contributed by atoms with Gasteiger partial charge in [0.1, 0.15) is 11.6 Å². The summed E-state index contributed by atoms with van der Waals surface area (Å²) < 4.78 is 34.1. The molecule has 0 aromatic heterocycles. The van der Waals surface area contributed by atoms with Crippen molar-refractivity contribution in [3.63, 3.8) is 0 Å². The number of aromatic hydroxyl groups is 1. The van der Waals surface area contributed by atoms with E-state index < -0.39 is 14.9 Å². The molecule has 3 nitrogen and oxygen atoms in total. The quantitative estimate of drug-likeness (QED) is 0.860. The van der Waals surface area contributed by atoms with Crippen LogP contribution in [0.25, 0.3) is 0 Å². The van der Waals surface area contributed by atoms with Crippen LogP contribution in [0.4, 0.5) is 4.39 Å². The van der Waals surface area contributed by atoms with E-state index in [1.807, 2.05) is 0 Å². The third-order valence-corrected chi connectivity index (χ3v) is 3.17. The van der Waals surface area contributed by atoms with Crippen LogP contribution in [0.15, 0.2) is 12.1 Å². The highest BCUT2D eigenvalue weighted by molar-refractivity contribution is 8.13. The lowest BCUT2D eigenvalue weighted by atomic mass is 10.1. The summed E-state index contributed by atoms with van der Waals surface area (Å²) in [5, 5.41) is 9.23. The normalized spacial score (nSPS) is 11.7. The summed E-state index contributed by atoms with van der Waals surface area (Å²) in [4.78, 5) is 0. The molecule has 0 heterocycles. The first-order chi connectivity index (χ1) is 6.79. The Bertz CT molecular complexity index is 473. The maximum Gasteiger partial charge on any atom is 0.232 e. The van der Waals surface area contributed by atoms with E-state index in [2.05, 4.69) is 0 Å². The molecule has 0 radical (unpaired) electrons. The second-order valence-electron chi connectivity index (χ2n) is 2.89. The van der Waals surface area contributed by atoms with Gasteiger partial charge in [-0.1, -0.05) is 11.6 Å². The lowest BCUT2D eigenvalue weighted by Crippen LogP contribution is -2.01. The number of hydrogen-bond donors (Lipinski definition) is 1. The van der Waals surface area contributed by atoms with Crippen LogP contribution in [0.3, 0.4) is 0 Å². The third-order valence-electron chi connectivity index (χ3n) is 1.72. The van der Waals surface area contributed by atoms with E-state index in [-0.39, 0.29) is 28.5 Å². The summed E-state index contributed by atoms with van der Waals surface area (Å²) in [7, 11) is 1.31. The molecule has 15 heavy (non-hydrogen) atoms. The molecule has 0 atom stereocenters. The molecule has 1 aromatic rings. The Hall–Kier alpha value is -0.520. The number of hydrogen-bond acceptors (Lipinski definition) is 3. The van der Waals surface area contributed by atoms with Crippen LogP contribution in [0.5, 0.6) is 5.75 Å². The zero-order valence-electron chi connectivity index (χ0n) is 7.37. The number of aryl methyl sites for hydroxylation is 1. The summed E-state index contributed by atoms with van der Waals surface area (Å²) in [5.41, 5.74) is 0.115. The van der Waals surface area contributed by atoms with Crippen molar-refractivity contribution >= 4 is 31.3 Å². The van der Waals surface area contributed by atoms with Crippen LogP contribution < -0.4 is 0 Å². The van der Waals surface area contributed by atoms with Gasteiger partial charge in [0.2, 0.25) is 9.05 Å². The number of benzene rings is 1. The first-order valence-corrected chi connectivity index (χ1v) is 6.74. The van der Waals surface area contributed by atoms with E-state index in [0.717, 1.165) is 12.1 Å². The average molecular weight is 273 g/mol. The molecule has 0 unspecified atom stereocenters. The van der Waals surface area contributed by atoms with Gasteiger partial charge in [-0.25, -0.2) is 12.8 Å². The zero-order chi connectivity index (χ0) is 11.6. The van der Waals surface area contributed by atoms with Gasteiger partial charge in [-0.2, -0.15) is 0 Å². The van der Waals surface area contributed by atoms with Crippen molar-refractivity contribution in [3.8, 4) is 5.75 Å². The Kier molecular flexibility index (Phi) is 3.81. The fourth-order valence-corrected chi connectivity index (χ4v) is 1.96. The monoisotopic (exact) mass is 272 g/mol. The standard InChI is InChI=1S/C8H7Cl2FO3S/c9-7-4-6(11)3-5(8(7)12)1-2-15(10,13)14/h3-4,12H,1-2H2. The molecule has 0 spiro atoms. The number of halogens is 3. The molecule has 0 bridgehead atoms. The Morgan fingerprint density at radius 2 is 2.00 bits per heavy atom. The molecule has 1 rings (SSSR count). The van der Waals surface area contributed by atoms with Gasteiger partial charge >= 0.3 is 0 Å². The topological polar surface area (TPSA) is 54.4 Å². The van der Waals surface area contributed by atoms with E-state index in [4.69, 9.17) is 22.3 Å². The predicted molar refractivity (Wildman–Crippen MR) is 56.4 cm³/mol. The lowest BCUT2D eigenvalue weighted by Gasteiger charge is -2.05.